The molecule has 29 heavy (non-hydrogen) atoms. The van der Waals surface area contributed by atoms with Crippen molar-refractivity contribution in [2.75, 3.05) is 0 Å². The van der Waals surface area contributed by atoms with Crippen molar-refractivity contribution in [1.29, 1.82) is 5.26 Å². The molecule has 7 heteroatoms. The Morgan fingerprint density at radius 1 is 1.00 bits per heavy atom. The number of hydrogen-bond donors (Lipinski definition) is 1. The molecule has 0 atom stereocenters. The summed E-state index contributed by atoms with van der Waals surface area (Å²) in [5.41, 5.74) is 2.70. The summed E-state index contributed by atoms with van der Waals surface area (Å²) in [6.45, 7) is 0. The Labute approximate surface area is 170 Å². The maximum Gasteiger partial charge on any atom is 0.346 e. The highest BCUT2D eigenvalue weighted by atomic mass is 32.1. The third kappa shape index (κ3) is 3.98. The minimum atomic E-state index is -1.26. The van der Waals surface area contributed by atoms with Crippen molar-refractivity contribution < 1.29 is 14.4 Å². The Kier molecular flexibility index (Phi) is 5.01. The zero-order valence-corrected chi connectivity index (χ0v) is 15.8. The molecule has 0 bridgehead atoms. The van der Waals surface area contributed by atoms with Crippen LogP contribution in [0.5, 0.6) is 0 Å². The Bertz CT molecular complexity index is 1230. The summed E-state index contributed by atoms with van der Waals surface area (Å²) >= 11 is 1.28. The van der Waals surface area contributed by atoms with Gasteiger partial charge in [-0.1, -0.05) is 47.6 Å². The number of aromatic nitrogens is 2. The van der Waals surface area contributed by atoms with Gasteiger partial charge in [0.05, 0.1) is 4.88 Å². The van der Waals surface area contributed by atoms with Gasteiger partial charge in [0.15, 0.2) is 0 Å². The van der Waals surface area contributed by atoms with E-state index >= 15 is 0 Å². The summed E-state index contributed by atoms with van der Waals surface area (Å²) in [6.07, 6.45) is 1.32. The second-order valence-electron chi connectivity index (χ2n) is 6.04. The van der Waals surface area contributed by atoms with Gasteiger partial charge in [0.2, 0.25) is 5.82 Å². The van der Waals surface area contributed by atoms with Gasteiger partial charge in [0, 0.05) is 10.4 Å². The molecule has 0 fully saturated rings. The minimum Gasteiger partial charge on any atom is -0.477 e. The SMILES string of the molecule is N#CC(=Cc1ccc(-c2noc(-c3ccc(-c4ccccc4)cc3)n2)s1)C(=O)O. The van der Waals surface area contributed by atoms with Gasteiger partial charge in [-0.25, -0.2) is 4.79 Å². The molecule has 2 aromatic carbocycles. The van der Waals surface area contributed by atoms with Crippen LogP contribution in [0.1, 0.15) is 4.88 Å². The van der Waals surface area contributed by atoms with Crippen LogP contribution in [0.2, 0.25) is 0 Å². The Hall–Kier alpha value is -4.02. The molecule has 2 heterocycles. The number of nitrogens with zero attached hydrogens (tertiary/aromatic N) is 3. The van der Waals surface area contributed by atoms with Crippen LogP contribution < -0.4 is 0 Å². The fourth-order valence-electron chi connectivity index (χ4n) is 2.71. The second-order valence-corrected chi connectivity index (χ2v) is 7.16. The molecule has 0 aliphatic carbocycles. The van der Waals surface area contributed by atoms with E-state index in [1.165, 1.54) is 17.4 Å². The number of thiophene rings is 1. The monoisotopic (exact) mass is 399 g/mol. The molecule has 0 aliphatic rings. The molecule has 0 aliphatic heterocycles. The van der Waals surface area contributed by atoms with E-state index in [0.29, 0.717) is 16.6 Å². The van der Waals surface area contributed by atoms with E-state index < -0.39 is 5.97 Å². The largest absolute Gasteiger partial charge is 0.477 e. The van der Waals surface area contributed by atoms with E-state index in [-0.39, 0.29) is 5.57 Å². The Balaban J connectivity index is 1.56. The first-order valence-electron chi connectivity index (χ1n) is 8.59. The standard InChI is InChI=1S/C22H13N3O3S/c23-13-17(22(26)27)12-18-10-11-19(29-18)20-24-21(28-25-20)16-8-6-15(7-9-16)14-4-2-1-3-5-14/h1-12H,(H,26,27). The summed E-state index contributed by atoms with van der Waals surface area (Å²) in [4.78, 5) is 16.7. The normalized spacial score (nSPS) is 11.2. The van der Waals surface area contributed by atoms with Crippen LogP contribution in [-0.4, -0.2) is 21.2 Å². The zero-order chi connectivity index (χ0) is 20.2. The summed E-state index contributed by atoms with van der Waals surface area (Å²) < 4.78 is 5.38. The summed E-state index contributed by atoms with van der Waals surface area (Å²) in [6, 6.07) is 23.0. The molecule has 0 saturated carbocycles. The van der Waals surface area contributed by atoms with Crippen LogP contribution in [-0.2, 0) is 4.79 Å². The van der Waals surface area contributed by atoms with Gasteiger partial charge in [-0.2, -0.15) is 10.2 Å². The highest BCUT2D eigenvalue weighted by molar-refractivity contribution is 7.16. The highest BCUT2D eigenvalue weighted by Gasteiger charge is 2.13. The number of nitriles is 1. The maximum absolute atomic E-state index is 11.0. The van der Waals surface area contributed by atoms with Crippen molar-refractivity contribution in [3.63, 3.8) is 0 Å². The average Bonchev–Trinajstić information content (AvgIpc) is 3.42. The fourth-order valence-corrected chi connectivity index (χ4v) is 3.59. The number of carbonyl (C=O) groups is 1. The van der Waals surface area contributed by atoms with Gasteiger partial charge in [0.1, 0.15) is 11.6 Å². The molecule has 2 aromatic heterocycles. The quantitative estimate of drug-likeness (QED) is 0.369. The molecule has 140 valence electrons. The molecule has 4 rings (SSSR count). The van der Waals surface area contributed by atoms with E-state index in [1.807, 2.05) is 54.6 Å². The first kappa shape index (κ1) is 18.3. The van der Waals surface area contributed by atoms with Crippen molar-refractivity contribution in [2.45, 2.75) is 0 Å². The number of carboxylic acid groups (broad SMARTS) is 1. The lowest BCUT2D eigenvalue weighted by molar-refractivity contribution is -0.132. The van der Waals surface area contributed by atoms with Crippen molar-refractivity contribution >= 4 is 23.4 Å². The first-order chi connectivity index (χ1) is 14.1. The lowest BCUT2D eigenvalue weighted by atomic mass is 10.0. The smallest absolute Gasteiger partial charge is 0.346 e. The molecule has 0 amide bonds. The van der Waals surface area contributed by atoms with Gasteiger partial charge in [-0.15, -0.1) is 11.3 Å². The molecular formula is C22H13N3O3S. The van der Waals surface area contributed by atoms with E-state index in [1.54, 1.807) is 18.2 Å². The van der Waals surface area contributed by atoms with Crippen molar-refractivity contribution in [2.24, 2.45) is 0 Å². The number of carboxylic acids is 1. The van der Waals surface area contributed by atoms with E-state index in [2.05, 4.69) is 10.1 Å². The lowest BCUT2D eigenvalue weighted by Gasteiger charge is -2.01. The maximum atomic E-state index is 11.0. The summed E-state index contributed by atoms with van der Waals surface area (Å²) in [7, 11) is 0. The van der Waals surface area contributed by atoms with E-state index in [9.17, 15) is 4.79 Å². The predicted octanol–water partition coefficient (Wildman–Crippen LogP) is 5.12. The van der Waals surface area contributed by atoms with Gasteiger partial charge in [0.25, 0.3) is 5.89 Å². The van der Waals surface area contributed by atoms with Crippen LogP contribution in [0, 0.1) is 11.3 Å². The van der Waals surface area contributed by atoms with E-state index in [4.69, 9.17) is 14.9 Å². The lowest BCUT2D eigenvalue weighted by Crippen LogP contribution is -1.96. The molecule has 0 unspecified atom stereocenters. The molecule has 0 spiro atoms. The van der Waals surface area contributed by atoms with Crippen molar-refractivity contribution in [3.8, 4) is 39.4 Å². The number of aliphatic carboxylic acids is 1. The van der Waals surface area contributed by atoms with Crippen molar-refractivity contribution in [3.05, 3.63) is 77.2 Å². The summed E-state index contributed by atoms with van der Waals surface area (Å²) in [5, 5.41) is 21.8. The van der Waals surface area contributed by atoms with Crippen LogP contribution in [0.3, 0.4) is 0 Å². The molecule has 0 radical (unpaired) electrons. The molecule has 4 aromatic rings. The predicted molar refractivity (Wildman–Crippen MR) is 110 cm³/mol. The summed E-state index contributed by atoms with van der Waals surface area (Å²) in [5.74, 6) is -0.456. The highest BCUT2D eigenvalue weighted by Crippen LogP contribution is 2.30. The Morgan fingerprint density at radius 3 is 2.38 bits per heavy atom. The van der Waals surface area contributed by atoms with Gasteiger partial charge in [-0.05, 0) is 41.5 Å². The average molecular weight is 399 g/mol. The minimum absolute atomic E-state index is 0.328. The number of hydrogen-bond acceptors (Lipinski definition) is 6. The fraction of sp³-hybridized carbons (Fsp3) is 0. The molecule has 1 N–H and O–H groups in total. The molecular weight excluding hydrogens is 386 g/mol. The van der Waals surface area contributed by atoms with Crippen LogP contribution in [0.25, 0.3) is 39.4 Å². The van der Waals surface area contributed by atoms with Crippen LogP contribution in [0.4, 0.5) is 0 Å². The molecule has 6 nitrogen and oxygen atoms in total. The van der Waals surface area contributed by atoms with E-state index in [0.717, 1.165) is 21.6 Å². The third-order valence-electron chi connectivity index (χ3n) is 4.15. The molecule has 0 saturated heterocycles. The number of benzene rings is 2. The van der Waals surface area contributed by atoms with Crippen LogP contribution in [0.15, 0.2) is 76.8 Å². The zero-order valence-electron chi connectivity index (χ0n) is 14.9. The number of rotatable bonds is 5. The van der Waals surface area contributed by atoms with Gasteiger partial charge < -0.3 is 9.63 Å². The Morgan fingerprint density at radius 2 is 1.69 bits per heavy atom. The first-order valence-corrected chi connectivity index (χ1v) is 9.40. The second kappa shape index (κ2) is 7.92. The van der Waals surface area contributed by atoms with Crippen LogP contribution >= 0.6 is 11.3 Å². The third-order valence-corrected chi connectivity index (χ3v) is 5.18. The topological polar surface area (TPSA) is 100 Å². The van der Waals surface area contributed by atoms with Gasteiger partial charge in [-0.3, -0.25) is 0 Å². The van der Waals surface area contributed by atoms with Crippen molar-refractivity contribution in [1.82, 2.24) is 10.1 Å². The van der Waals surface area contributed by atoms with Gasteiger partial charge >= 0.3 is 5.97 Å².